The highest BCUT2D eigenvalue weighted by atomic mass is 35.5. The number of aryl methyl sites for hydroxylation is 1. The molecule has 0 fully saturated rings. The highest BCUT2D eigenvalue weighted by Gasteiger charge is 2.14. The highest BCUT2D eigenvalue weighted by molar-refractivity contribution is 6.31. The standard InChI is InChI=1S/C17H18ClNO3/c1-10-5-6-13(9-14(10)18)19-17(20)12-7-15(21-3)11(2)16(8-12)22-4/h5-9H,1-4H3,(H,19,20). The molecule has 0 saturated heterocycles. The van der Waals surface area contributed by atoms with E-state index in [-0.39, 0.29) is 5.91 Å². The molecule has 0 spiro atoms. The summed E-state index contributed by atoms with van der Waals surface area (Å²) in [6.45, 7) is 3.78. The maximum Gasteiger partial charge on any atom is 0.255 e. The molecule has 116 valence electrons. The number of carbonyl (C=O) groups is 1. The molecule has 1 amide bonds. The molecule has 0 aliphatic heterocycles. The molecule has 0 atom stereocenters. The van der Waals surface area contributed by atoms with E-state index in [4.69, 9.17) is 21.1 Å². The first-order valence-electron chi connectivity index (χ1n) is 6.76. The van der Waals surface area contributed by atoms with Crippen LogP contribution in [-0.2, 0) is 0 Å². The molecule has 4 nitrogen and oxygen atoms in total. The smallest absolute Gasteiger partial charge is 0.255 e. The van der Waals surface area contributed by atoms with Crippen molar-refractivity contribution in [1.82, 2.24) is 0 Å². The normalized spacial score (nSPS) is 10.2. The van der Waals surface area contributed by atoms with Crippen LogP contribution in [0.15, 0.2) is 30.3 Å². The molecule has 2 aromatic carbocycles. The Morgan fingerprint density at radius 3 is 2.14 bits per heavy atom. The van der Waals surface area contributed by atoms with E-state index in [1.807, 2.05) is 26.0 Å². The van der Waals surface area contributed by atoms with Gasteiger partial charge >= 0.3 is 0 Å². The molecule has 0 unspecified atom stereocenters. The first-order chi connectivity index (χ1) is 10.5. The first-order valence-corrected chi connectivity index (χ1v) is 7.14. The zero-order valence-electron chi connectivity index (χ0n) is 13.0. The second-order valence-corrected chi connectivity index (χ2v) is 5.33. The lowest BCUT2D eigenvalue weighted by Gasteiger charge is -2.13. The van der Waals surface area contributed by atoms with E-state index in [1.54, 1.807) is 32.4 Å². The van der Waals surface area contributed by atoms with Crippen LogP contribution < -0.4 is 14.8 Å². The molecular formula is C17H18ClNO3. The number of hydrogen-bond donors (Lipinski definition) is 1. The Hall–Kier alpha value is -2.20. The number of hydrogen-bond acceptors (Lipinski definition) is 3. The van der Waals surface area contributed by atoms with Crippen LogP contribution in [0, 0.1) is 13.8 Å². The summed E-state index contributed by atoms with van der Waals surface area (Å²) in [4.78, 5) is 12.4. The molecule has 2 rings (SSSR count). The van der Waals surface area contributed by atoms with Crippen LogP contribution in [0.1, 0.15) is 21.5 Å². The summed E-state index contributed by atoms with van der Waals surface area (Å²) in [5.41, 5.74) is 2.90. The summed E-state index contributed by atoms with van der Waals surface area (Å²) < 4.78 is 10.6. The van der Waals surface area contributed by atoms with Gasteiger partial charge in [0.2, 0.25) is 0 Å². The molecule has 0 bridgehead atoms. The largest absolute Gasteiger partial charge is 0.496 e. The minimum Gasteiger partial charge on any atom is -0.496 e. The number of anilines is 1. The fourth-order valence-electron chi connectivity index (χ4n) is 2.09. The number of benzene rings is 2. The number of methoxy groups -OCH3 is 2. The predicted molar refractivity (Wildman–Crippen MR) is 88.4 cm³/mol. The Labute approximate surface area is 135 Å². The van der Waals surface area contributed by atoms with Gasteiger partial charge in [0.05, 0.1) is 14.2 Å². The molecule has 0 heterocycles. The van der Waals surface area contributed by atoms with Crippen molar-refractivity contribution < 1.29 is 14.3 Å². The molecule has 2 aromatic rings. The number of halogens is 1. The number of carbonyl (C=O) groups excluding carboxylic acids is 1. The topological polar surface area (TPSA) is 47.6 Å². The third-order valence-electron chi connectivity index (χ3n) is 3.44. The highest BCUT2D eigenvalue weighted by Crippen LogP contribution is 2.30. The second kappa shape index (κ2) is 6.71. The fourth-order valence-corrected chi connectivity index (χ4v) is 2.27. The molecule has 0 aliphatic carbocycles. The minimum atomic E-state index is -0.253. The number of nitrogens with one attached hydrogen (secondary N) is 1. The lowest BCUT2D eigenvalue weighted by atomic mass is 10.1. The monoisotopic (exact) mass is 319 g/mol. The minimum absolute atomic E-state index is 0.253. The number of ether oxygens (including phenoxy) is 2. The zero-order valence-corrected chi connectivity index (χ0v) is 13.7. The first kappa shape index (κ1) is 16.2. The van der Waals surface area contributed by atoms with Gasteiger partial charge in [-0.25, -0.2) is 0 Å². The van der Waals surface area contributed by atoms with Gasteiger partial charge in [0.15, 0.2) is 0 Å². The molecule has 0 radical (unpaired) electrons. The van der Waals surface area contributed by atoms with E-state index >= 15 is 0 Å². The van der Waals surface area contributed by atoms with Crippen molar-refractivity contribution in [1.29, 1.82) is 0 Å². The van der Waals surface area contributed by atoms with E-state index < -0.39 is 0 Å². The van der Waals surface area contributed by atoms with Crippen molar-refractivity contribution in [2.24, 2.45) is 0 Å². The van der Waals surface area contributed by atoms with Crippen LogP contribution in [-0.4, -0.2) is 20.1 Å². The van der Waals surface area contributed by atoms with E-state index in [0.717, 1.165) is 11.1 Å². The Balaban J connectivity index is 2.31. The van der Waals surface area contributed by atoms with Crippen molar-refractivity contribution in [2.75, 3.05) is 19.5 Å². The Morgan fingerprint density at radius 2 is 1.64 bits per heavy atom. The Morgan fingerprint density at radius 1 is 1.05 bits per heavy atom. The third kappa shape index (κ3) is 3.34. The molecular weight excluding hydrogens is 302 g/mol. The summed E-state index contributed by atoms with van der Waals surface area (Å²) in [5, 5.41) is 3.42. The summed E-state index contributed by atoms with van der Waals surface area (Å²) >= 11 is 6.07. The molecule has 22 heavy (non-hydrogen) atoms. The van der Waals surface area contributed by atoms with Crippen LogP contribution in [0.25, 0.3) is 0 Å². The van der Waals surface area contributed by atoms with Crippen LogP contribution in [0.2, 0.25) is 5.02 Å². The summed E-state index contributed by atoms with van der Waals surface area (Å²) in [6, 6.07) is 8.75. The van der Waals surface area contributed by atoms with Crippen molar-refractivity contribution in [2.45, 2.75) is 13.8 Å². The molecule has 5 heteroatoms. The van der Waals surface area contributed by atoms with Crippen molar-refractivity contribution in [3.05, 3.63) is 52.0 Å². The maximum atomic E-state index is 12.4. The second-order valence-electron chi connectivity index (χ2n) is 4.92. The Bertz CT molecular complexity index is 688. The van der Waals surface area contributed by atoms with Gasteiger partial charge in [0.25, 0.3) is 5.91 Å². The lowest BCUT2D eigenvalue weighted by Crippen LogP contribution is -2.12. The van der Waals surface area contributed by atoms with Crippen molar-refractivity contribution >= 4 is 23.2 Å². The summed E-state index contributed by atoms with van der Waals surface area (Å²) in [6.07, 6.45) is 0. The summed E-state index contributed by atoms with van der Waals surface area (Å²) in [7, 11) is 3.12. The average Bonchev–Trinajstić information content (AvgIpc) is 2.51. The van der Waals surface area contributed by atoms with Gasteiger partial charge in [-0.3, -0.25) is 4.79 Å². The van der Waals surface area contributed by atoms with Gasteiger partial charge in [-0.05, 0) is 43.7 Å². The van der Waals surface area contributed by atoms with E-state index in [9.17, 15) is 4.79 Å². The molecule has 0 saturated carbocycles. The van der Waals surface area contributed by atoms with Gasteiger partial charge in [0, 0.05) is 21.8 Å². The van der Waals surface area contributed by atoms with Crippen LogP contribution in [0.5, 0.6) is 11.5 Å². The van der Waals surface area contributed by atoms with E-state index in [0.29, 0.717) is 27.8 Å². The summed E-state index contributed by atoms with van der Waals surface area (Å²) in [5.74, 6) is 0.953. The molecule has 0 aliphatic rings. The van der Waals surface area contributed by atoms with Crippen LogP contribution >= 0.6 is 11.6 Å². The van der Waals surface area contributed by atoms with Crippen LogP contribution in [0.3, 0.4) is 0 Å². The van der Waals surface area contributed by atoms with Crippen molar-refractivity contribution in [3.63, 3.8) is 0 Å². The Kier molecular flexibility index (Phi) is 4.93. The number of amides is 1. The maximum absolute atomic E-state index is 12.4. The third-order valence-corrected chi connectivity index (χ3v) is 3.85. The SMILES string of the molecule is COc1cc(C(=O)Nc2ccc(C)c(Cl)c2)cc(OC)c1C. The fraction of sp³-hybridized carbons (Fsp3) is 0.235. The van der Waals surface area contributed by atoms with Gasteiger partial charge in [-0.2, -0.15) is 0 Å². The van der Waals surface area contributed by atoms with Gasteiger partial charge in [0.1, 0.15) is 11.5 Å². The molecule has 1 N–H and O–H groups in total. The quantitative estimate of drug-likeness (QED) is 0.917. The van der Waals surface area contributed by atoms with Gasteiger partial charge in [-0.1, -0.05) is 17.7 Å². The average molecular weight is 320 g/mol. The number of rotatable bonds is 4. The van der Waals surface area contributed by atoms with E-state index in [1.165, 1.54) is 0 Å². The van der Waals surface area contributed by atoms with Gasteiger partial charge < -0.3 is 14.8 Å². The zero-order chi connectivity index (χ0) is 16.3. The predicted octanol–water partition coefficient (Wildman–Crippen LogP) is 4.23. The van der Waals surface area contributed by atoms with Crippen LogP contribution in [0.4, 0.5) is 5.69 Å². The lowest BCUT2D eigenvalue weighted by molar-refractivity contribution is 0.102. The van der Waals surface area contributed by atoms with Crippen molar-refractivity contribution in [3.8, 4) is 11.5 Å². The molecule has 0 aromatic heterocycles. The van der Waals surface area contributed by atoms with E-state index in [2.05, 4.69) is 5.32 Å². The van der Waals surface area contributed by atoms with Gasteiger partial charge in [-0.15, -0.1) is 0 Å².